The predicted octanol–water partition coefficient (Wildman–Crippen LogP) is 3.95. The van der Waals surface area contributed by atoms with Crippen molar-refractivity contribution in [2.75, 3.05) is 38.3 Å². The SMILES string of the molecule is CCN(CCOc1ccc(C[C@H](NC(=O)[C@@H]2CCCN2S(=O)(=O)c2ccc(C)cc2)C(=O)OC)cc1)c1ccccc1. The molecule has 0 bridgehead atoms. The minimum atomic E-state index is -3.87. The number of hydrogen-bond acceptors (Lipinski definition) is 7. The van der Waals surface area contributed by atoms with Gasteiger partial charge in [0.05, 0.1) is 18.6 Å². The quantitative estimate of drug-likeness (QED) is 0.299. The summed E-state index contributed by atoms with van der Waals surface area (Å²) in [5.74, 6) is -0.419. The van der Waals surface area contributed by atoms with Crippen molar-refractivity contribution in [3.05, 3.63) is 90.0 Å². The number of amides is 1. The van der Waals surface area contributed by atoms with E-state index in [2.05, 4.69) is 29.3 Å². The van der Waals surface area contributed by atoms with Crippen molar-refractivity contribution in [2.24, 2.45) is 0 Å². The Balaban J connectivity index is 1.36. The predicted molar refractivity (Wildman–Crippen MR) is 162 cm³/mol. The van der Waals surface area contributed by atoms with Gasteiger partial charge in [0.15, 0.2) is 0 Å². The molecule has 1 amide bonds. The molecule has 2 atom stereocenters. The van der Waals surface area contributed by atoms with Gasteiger partial charge in [0.2, 0.25) is 15.9 Å². The fraction of sp³-hybridized carbons (Fsp3) is 0.375. The molecule has 1 heterocycles. The van der Waals surface area contributed by atoms with Gasteiger partial charge < -0.3 is 19.7 Å². The second kappa shape index (κ2) is 14.3. The number of sulfonamides is 1. The van der Waals surface area contributed by atoms with Gasteiger partial charge in [-0.25, -0.2) is 13.2 Å². The maximum atomic E-state index is 13.3. The van der Waals surface area contributed by atoms with Crippen LogP contribution < -0.4 is 15.0 Å². The zero-order chi connectivity index (χ0) is 30.1. The highest BCUT2D eigenvalue weighted by atomic mass is 32.2. The van der Waals surface area contributed by atoms with E-state index in [-0.39, 0.29) is 17.9 Å². The number of carbonyl (C=O) groups excluding carboxylic acids is 2. The van der Waals surface area contributed by atoms with E-state index in [1.165, 1.54) is 11.4 Å². The summed E-state index contributed by atoms with van der Waals surface area (Å²) in [6, 6.07) is 22.2. The Hall–Kier alpha value is -3.89. The first-order valence-corrected chi connectivity index (χ1v) is 15.7. The number of carbonyl (C=O) groups is 2. The Morgan fingerprint density at radius 2 is 1.71 bits per heavy atom. The van der Waals surface area contributed by atoms with E-state index in [1.807, 2.05) is 49.4 Å². The second-order valence-corrected chi connectivity index (χ2v) is 12.2. The smallest absolute Gasteiger partial charge is 0.328 e. The van der Waals surface area contributed by atoms with Gasteiger partial charge in [-0.1, -0.05) is 48.0 Å². The van der Waals surface area contributed by atoms with E-state index in [1.54, 1.807) is 24.3 Å². The van der Waals surface area contributed by atoms with Crippen molar-refractivity contribution < 1.29 is 27.5 Å². The average molecular weight is 594 g/mol. The van der Waals surface area contributed by atoms with E-state index in [0.717, 1.165) is 29.9 Å². The molecule has 0 radical (unpaired) electrons. The Morgan fingerprint density at radius 3 is 2.36 bits per heavy atom. The van der Waals surface area contributed by atoms with Gasteiger partial charge in [-0.3, -0.25) is 4.79 Å². The summed E-state index contributed by atoms with van der Waals surface area (Å²) in [4.78, 5) is 28.3. The van der Waals surface area contributed by atoms with Crippen LogP contribution in [0.2, 0.25) is 0 Å². The lowest BCUT2D eigenvalue weighted by Gasteiger charge is -2.25. The van der Waals surface area contributed by atoms with Crippen molar-refractivity contribution in [1.29, 1.82) is 0 Å². The van der Waals surface area contributed by atoms with Crippen LogP contribution in [0.25, 0.3) is 0 Å². The standard InChI is InChI=1S/C32H39N3O6S/c1-4-34(26-9-6-5-7-10-26)21-22-41-27-16-14-25(15-17-27)23-29(32(37)40-3)33-31(36)30-11-8-20-35(30)42(38,39)28-18-12-24(2)13-19-28/h5-7,9-10,12-19,29-30H,4,8,11,20-23H2,1-3H3,(H,33,36)/t29-,30-/m0/s1. The summed E-state index contributed by atoms with van der Waals surface area (Å²) in [7, 11) is -2.61. The molecular formula is C32H39N3O6S. The number of rotatable bonds is 13. The Labute approximate surface area is 248 Å². The fourth-order valence-electron chi connectivity index (χ4n) is 5.08. The molecule has 3 aromatic rings. The van der Waals surface area contributed by atoms with E-state index in [9.17, 15) is 18.0 Å². The van der Waals surface area contributed by atoms with E-state index >= 15 is 0 Å². The summed E-state index contributed by atoms with van der Waals surface area (Å²) in [6.45, 7) is 6.32. The number of esters is 1. The maximum absolute atomic E-state index is 13.3. The topological polar surface area (TPSA) is 105 Å². The van der Waals surface area contributed by atoms with Gasteiger partial charge in [-0.15, -0.1) is 0 Å². The zero-order valence-corrected chi connectivity index (χ0v) is 25.2. The first kappa shape index (κ1) is 31.1. The summed E-state index contributed by atoms with van der Waals surface area (Å²) in [5.41, 5.74) is 2.88. The number of hydrogen-bond donors (Lipinski definition) is 1. The molecule has 0 aliphatic carbocycles. The maximum Gasteiger partial charge on any atom is 0.328 e. The molecule has 1 aliphatic rings. The number of ether oxygens (including phenoxy) is 2. The highest BCUT2D eigenvalue weighted by Gasteiger charge is 2.40. The van der Waals surface area contributed by atoms with Crippen LogP contribution in [0.4, 0.5) is 5.69 Å². The van der Waals surface area contributed by atoms with Crippen LogP contribution in [0.5, 0.6) is 5.75 Å². The summed E-state index contributed by atoms with van der Waals surface area (Å²) >= 11 is 0. The fourth-order valence-corrected chi connectivity index (χ4v) is 6.74. The molecule has 42 heavy (non-hydrogen) atoms. The number of nitrogens with one attached hydrogen (secondary N) is 1. The van der Waals surface area contributed by atoms with Gasteiger partial charge in [0.1, 0.15) is 24.4 Å². The van der Waals surface area contributed by atoms with Gasteiger partial charge in [0.25, 0.3) is 0 Å². The van der Waals surface area contributed by atoms with Crippen LogP contribution in [-0.4, -0.2) is 70.0 Å². The molecule has 4 rings (SSSR count). The van der Waals surface area contributed by atoms with Gasteiger partial charge in [0, 0.05) is 25.2 Å². The average Bonchev–Trinajstić information content (AvgIpc) is 3.51. The minimum absolute atomic E-state index is 0.141. The van der Waals surface area contributed by atoms with E-state index < -0.39 is 34.0 Å². The number of anilines is 1. The molecular weight excluding hydrogens is 554 g/mol. The zero-order valence-electron chi connectivity index (χ0n) is 24.4. The van der Waals surface area contributed by atoms with Gasteiger partial charge in [-0.2, -0.15) is 4.31 Å². The monoisotopic (exact) mass is 593 g/mol. The van der Waals surface area contributed by atoms with Crippen LogP contribution in [0.3, 0.4) is 0 Å². The normalized spacial score (nSPS) is 16.0. The molecule has 0 saturated carbocycles. The van der Waals surface area contributed by atoms with Crippen molar-refractivity contribution in [1.82, 2.24) is 9.62 Å². The van der Waals surface area contributed by atoms with Crippen LogP contribution in [0, 0.1) is 6.92 Å². The third-order valence-corrected chi connectivity index (χ3v) is 9.35. The summed E-state index contributed by atoms with van der Waals surface area (Å²) in [5, 5.41) is 2.75. The molecule has 0 aromatic heterocycles. The number of likely N-dealkylation sites (N-methyl/N-ethyl adjacent to an activating group) is 1. The lowest BCUT2D eigenvalue weighted by Crippen LogP contribution is -2.51. The molecule has 0 unspecified atom stereocenters. The van der Waals surface area contributed by atoms with E-state index in [4.69, 9.17) is 9.47 Å². The van der Waals surface area contributed by atoms with Crippen LogP contribution in [0.15, 0.2) is 83.8 Å². The lowest BCUT2D eigenvalue weighted by molar-refractivity contribution is -0.145. The third kappa shape index (κ3) is 7.68. The molecule has 1 saturated heterocycles. The minimum Gasteiger partial charge on any atom is -0.492 e. The number of aryl methyl sites for hydroxylation is 1. The molecule has 3 aromatic carbocycles. The van der Waals surface area contributed by atoms with Crippen LogP contribution in [0.1, 0.15) is 30.9 Å². The van der Waals surface area contributed by atoms with Crippen molar-refractivity contribution in [3.8, 4) is 5.75 Å². The highest BCUT2D eigenvalue weighted by molar-refractivity contribution is 7.89. The molecule has 224 valence electrons. The Kier molecular flexibility index (Phi) is 10.6. The second-order valence-electron chi connectivity index (χ2n) is 10.3. The number of benzene rings is 3. The van der Waals surface area contributed by atoms with Crippen molar-refractivity contribution >= 4 is 27.6 Å². The van der Waals surface area contributed by atoms with Gasteiger partial charge in [-0.05, 0) is 68.7 Å². The van der Waals surface area contributed by atoms with Crippen molar-refractivity contribution in [2.45, 2.75) is 50.1 Å². The highest BCUT2D eigenvalue weighted by Crippen LogP contribution is 2.27. The first-order valence-electron chi connectivity index (χ1n) is 14.2. The number of para-hydroxylation sites is 1. The molecule has 9 nitrogen and oxygen atoms in total. The molecule has 10 heteroatoms. The first-order chi connectivity index (χ1) is 20.2. The van der Waals surface area contributed by atoms with Crippen molar-refractivity contribution in [3.63, 3.8) is 0 Å². The largest absolute Gasteiger partial charge is 0.492 e. The third-order valence-electron chi connectivity index (χ3n) is 7.43. The molecule has 1 N–H and O–H groups in total. The molecule has 1 fully saturated rings. The van der Waals surface area contributed by atoms with Gasteiger partial charge >= 0.3 is 5.97 Å². The van der Waals surface area contributed by atoms with Crippen LogP contribution in [-0.2, 0) is 30.8 Å². The summed E-state index contributed by atoms with van der Waals surface area (Å²) < 4.78 is 38.7. The Bertz CT molecular complexity index is 1430. The summed E-state index contributed by atoms with van der Waals surface area (Å²) in [6.07, 6.45) is 1.11. The lowest BCUT2D eigenvalue weighted by atomic mass is 10.0. The van der Waals surface area contributed by atoms with Crippen LogP contribution >= 0.6 is 0 Å². The van der Waals surface area contributed by atoms with E-state index in [0.29, 0.717) is 25.2 Å². The number of methoxy groups -OCH3 is 1. The number of nitrogens with zero attached hydrogens (tertiary/aromatic N) is 2. The molecule has 1 aliphatic heterocycles. The Morgan fingerprint density at radius 1 is 1.02 bits per heavy atom. The molecule has 0 spiro atoms.